The first-order chi connectivity index (χ1) is 11.6. The zero-order chi connectivity index (χ0) is 17.5. The molecule has 4 nitrogen and oxygen atoms in total. The third-order valence-electron chi connectivity index (χ3n) is 4.21. The monoisotopic (exact) mass is 326 g/mol. The first kappa shape index (κ1) is 18.2. The van der Waals surface area contributed by atoms with Gasteiger partial charge in [-0.25, -0.2) is 4.79 Å². The highest BCUT2D eigenvalue weighted by Gasteiger charge is 2.22. The Labute approximate surface area is 144 Å². The summed E-state index contributed by atoms with van der Waals surface area (Å²) in [7, 11) is 1.39. The number of rotatable bonds is 7. The minimum atomic E-state index is -0.323. The van der Waals surface area contributed by atoms with Gasteiger partial charge >= 0.3 is 5.97 Å². The second-order valence-electron chi connectivity index (χ2n) is 6.12. The largest absolute Gasteiger partial charge is 0.465 e. The van der Waals surface area contributed by atoms with Crippen LogP contribution in [0.3, 0.4) is 0 Å². The van der Waals surface area contributed by atoms with Crippen molar-refractivity contribution >= 4 is 5.97 Å². The Bertz CT molecular complexity index is 638. The van der Waals surface area contributed by atoms with Crippen molar-refractivity contribution in [3.8, 4) is 0 Å². The lowest BCUT2D eigenvalue weighted by Gasteiger charge is -2.35. The number of methoxy groups -OCH3 is 1. The molecule has 2 rings (SSSR count). The molecule has 0 aliphatic heterocycles. The summed E-state index contributed by atoms with van der Waals surface area (Å²) in [6, 6.07) is 18.3. The molecule has 24 heavy (non-hydrogen) atoms. The minimum Gasteiger partial charge on any atom is -0.465 e. The molecular weight excluding hydrogens is 300 g/mol. The molecule has 0 aliphatic rings. The molecule has 0 radical (unpaired) electrons. The molecule has 0 saturated heterocycles. The molecule has 2 aromatic carbocycles. The van der Waals surface area contributed by atoms with Crippen LogP contribution in [0.5, 0.6) is 0 Å². The summed E-state index contributed by atoms with van der Waals surface area (Å²) in [5, 5.41) is 0. The molecule has 0 aromatic heterocycles. The molecule has 0 heterocycles. The van der Waals surface area contributed by atoms with E-state index >= 15 is 0 Å². The average Bonchev–Trinajstić information content (AvgIpc) is 2.62. The summed E-state index contributed by atoms with van der Waals surface area (Å²) in [4.78, 5) is 14.0. The molecule has 0 aliphatic carbocycles. The van der Waals surface area contributed by atoms with E-state index in [9.17, 15) is 4.79 Å². The third kappa shape index (κ3) is 4.43. The number of nitrogens with zero attached hydrogens (tertiary/aromatic N) is 1. The van der Waals surface area contributed by atoms with Crippen molar-refractivity contribution in [2.24, 2.45) is 5.73 Å². The van der Waals surface area contributed by atoms with E-state index in [4.69, 9.17) is 10.5 Å². The highest BCUT2D eigenvalue weighted by molar-refractivity contribution is 5.89. The predicted molar refractivity (Wildman–Crippen MR) is 96.7 cm³/mol. The second-order valence-corrected chi connectivity index (χ2v) is 6.12. The van der Waals surface area contributed by atoms with Gasteiger partial charge in [-0.15, -0.1) is 0 Å². The standard InChI is InChI=1S/C20H26N2O2/c1-15(2)22(14-16-7-5-4-6-8-16)19(13-21)17-9-11-18(12-10-17)20(23)24-3/h4-12,15,19H,13-14,21H2,1-3H3. The first-order valence-electron chi connectivity index (χ1n) is 8.24. The second kappa shape index (κ2) is 8.62. The summed E-state index contributed by atoms with van der Waals surface area (Å²) in [6.45, 7) is 5.70. The molecule has 0 bridgehead atoms. The molecule has 0 spiro atoms. The summed E-state index contributed by atoms with van der Waals surface area (Å²) in [5.41, 5.74) is 9.01. The van der Waals surface area contributed by atoms with Gasteiger partial charge in [-0.2, -0.15) is 0 Å². The highest BCUT2D eigenvalue weighted by atomic mass is 16.5. The van der Waals surface area contributed by atoms with Crippen LogP contribution in [0, 0.1) is 0 Å². The quantitative estimate of drug-likeness (QED) is 0.793. The molecule has 0 fully saturated rings. The van der Waals surface area contributed by atoms with Gasteiger partial charge in [0, 0.05) is 25.2 Å². The number of ether oxygens (including phenoxy) is 1. The Morgan fingerprint density at radius 1 is 1.08 bits per heavy atom. The fourth-order valence-electron chi connectivity index (χ4n) is 2.87. The van der Waals surface area contributed by atoms with E-state index in [0.29, 0.717) is 18.2 Å². The Kier molecular flexibility index (Phi) is 6.53. The zero-order valence-corrected chi connectivity index (χ0v) is 14.6. The van der Waals surface area contributed by atoms with Crippen LogP contribution < -0.4 is 5.73 Å². The predicted octanol–water partition coefficient (Wildman–Crippen LogP) is 3.38. The van der Waals surface area contributed by atoms with E-state index in [1.807, 2.05) is 18.2 Å². The first-order valence-corrected chi connectivity index (χ1v) is 8.24. The number of benzene rings is 2. The van der Waals surface area contributed by atoms with Crippen molar-refractivity contribution in [3.63, 3.8) is 0 Å². The van der Waals surface area contributed by atoms with Crippen LogP contribution in [-0.4, -0.2) is 30.6 Å². The van der Waals surface area contributed by atoms with Gasteiger partial charge in [0.05, 0.1) is 12.7 Å². The van der Waals surface area contributed by atoms with Gasteiger partial charge in [-0.1, -0.05) is 42.5 Å². The third-order valence-corrected chi connectivity index (χ3v) is 4.21. The minimum absolute atomic E-state index is 0.0944. The van der Waals surface area contributed by atoms with Crippen LogP contribution in [0.1, 0.15) is 41.4 Å². The summed E-state index contributed by atoms with van der Waals surface area (Å²) < 4.78 is 4.75. The van der Waals surface area contributed by atoms with E-state index in [2.05, 4.69) is 43.0 Å². The normalized spacial score (nSPS) is 12.4. The number of nitrogens with two attached hydrogens (primary N) is 1. The van der Waals surface area contributed by atoms with Gasteiger partial charge in [0.2, 0.25) is 0 Å². The van der Waals surface area contributed by atoms with E-state index in [0.717, 1.165) is 12.1 Å². The molecule has 0 amide bonds. The van der Waals surface area contributed by atoms with Crippen LogP contribution in [0.15, 0.2) is 54.6 Å². The Hall–Kier alpha value is -2.17. The number of hydrogen-bond acceptors (Lipinski definition) is 4. The van der Waals surface area contributed by atoms with Crippen molar-refractivity contribution in [2.75, 3.05) is 13.7 Å². The smallest absolute Gasteiger partial charge is 0.337 e. The fourth-order valence-corrected chi connectivity index (χ4v) is 2.87. The van der Waals surface area contributed by atoms with Crippen LogP contribution >= 0.6 is 0 Å². The van der Waals surface area contributed by atoms with Gasteiger partial charge in [-0.05, 0) is 37.1 Å². The molecule has 2 N–H and O–H groups in total. The van der Waals surface area contributed by atoms with E-state index in [1.54, 1.807) is 12.1 Å². The maximum absolute atomic E-state index is 11.6. The Morgan fingerprint density at radius 2 is 1.71 bits per heavy atom. The van der Waals surface area contributed by atoms with Crippen molar-refractivity contribution in [1.82, 2.24) is 4.90 Å². The lowest BCUT2D eigenvalue weighted by atomic mass is 10.0. The van der Waals surface area contributed by atoms with Crippen LogP contribution in [0.4, 0.5) is 0 Å². The topological polar surface area (TPSA) is 55.6 Å². The Balaban J connectivity index is 2.24. The lowest BCUT2D eigenvalue weighted by Crippen LogP contribution is -2.38. The molecule has 1 atom stereocenters. The van der Waals surface area contributed by atoms with Crippen molar-refractivity contribution < 1.29 is 9.53 Å². The summed E-state index contributed by atoms with van der Waals surface area (Å²) in [6.07, 6.45) is 0. The highest BCUT2D eigenvalue weighted by Crippen LogP contribution is 2.25. The Morgan fingerprint density at radius 3 is 2.21 bits per heavy atom. The van der Waals surface area contributed by atoms with E-state index in [1.165, 1.54) is 12.7 Å². The number of carbonyl (C=O) groups excluding carboxylic acids is 1. The van der Waals surface area contributed by atoms with Crippen molar-refractivity contribution in [2.45, 2.75) is 32.5 Å². The number of carbonyl (C=O) groups is 1. The summed E-state index contributed by atoms with van der Waals surface area (Å²) >= 11 is 0. The fraction of sp³-hybridized carbons (Fsp3) is 0.350. The van der Waals surface area contributed by atoms with E-state index < -0.39 is 0 Å². The maximum Gasteiger partial charge on any atom is 0.337 e. The van der Waals surface area contributed by atoms with Gasteiger partial charge in [0.15, 0.2) is 0 Å². The summed E-state index contributed by atoms with van der Waals surface area (Å²) in [5.74, 6) is -0.323. The molecule has 2 aromatic rings. The zero-order valence-electron chi connectivity index (χ0n) is 14.6. The molecule has 0 saturated carbocycles. The average molecular weight is 326 g/mol. The van der Waals surface area contributed by atoms with Crippen LogP contribution in [0.25, 0.3) is 0 Å². The van der Waals surface area contributed by atoms with Gasteiger partial charge in [0.25, 0.3) is 0 Å². The van der Waals surface area contributed by atoms with Crippen LogP contribution in [0.2, 0.25) is 0 Å². The molecule has 1 unspecified atom stereocenters. The van der Waals surface area contributed by atoms with Crippen molar-refractivity contribution in [1.29, 1.82) is 0 Å². The number of hydrogen-bond donors (Lipinski definition) is 1. The van der Waals surface area contributed by atoms with Gasteiger partial charge < -0.3 is 10.5 Å². The van der Waals surface area contributed by atoms with E-state index in [-0.39, 0.29) is 12.0 Å². The SMILES string of the molecule is COC(=O)c1ccc(C(CN)N(Cc2ccccc2)C(C)C)cc1. The molecule has 128 valence electrons. The maximum atomic E-state index is 11.6. The van der Waals surface area contributed by atoms with Crippen LogP contribution in [-0.2, 0) is 11.3 Å². The van der Waals surface area contributed by atoms with Crippen molar-refractivity contribution in [3.05, 3.63) is 71.3 Å². The number of esters is 1. The van der Waals surface area contributed by atoms with Gasteiger partial charge in [-0.3, -0.25) is 4.90 Å². The van der Waals surface area contributed by atoms with Gasteiger partial charge in [0.1, 0.15) is 0 Å². The lowest BCUT2D eigenvalue weighted by molar-refractivity contribution is 0.0600. The molecular formula is C20H26N2O2. The molecule has 4 heteroatoms.